The molecule has 7 heteroatoms. The normalized spacial score (nSPS) is 12.8. The lowest BCUT2D eigenvalue weighted by Crippen LogP contribution is -2.39. The van der Waals surface area contributed by atoms with Crippen LogP contribution in [0.5, 0.6) is 11.5 Å². The molecular formula is C17H13BrN2O4. The maximum absolute atomic E-state index is 12.8. The number of halogens is 1. The second kappa shape index (κ2) is 5.52. The lowest BCUT2D eigenvalue weighted by molar-refractivity contribution is 0.174. The highest BCUT2D eigenvalue weighted by Crippen LogP contribution is 2.34. The van der Waals surface area contributed by atoms with Crippen molar-refractivity contribution in [1.82, 2.24) is 9.13 Å². The molecule has 24 heavy (non-hydrogen) atoms. The number of hydrogen-bond acceptors (Lipinski definition) is 4. The van der Waals surface area contributed by atoms with Gasteiger partial charge < -0.3 is 9.47 Å². The molecule has 0 saturated carbocycles. The summed E-state index contributed by atoms with van der Waals surface area (Å²) in [6, 6.07) is 10.8. The molecule has 0 aliphatic carbocycles. The van der Waals surface area contributed by atoms with Gasteiger partial charge in [-0.15, -0.1) is 0 Å². The van der Waals surface area contributed by atoms with Crippen molar-refractivity contribution in [2.24, 2.45) is 7.05 Å². The molecule has 0 N–H and O–H groups in total. The third kappa shape index (κ3) is 2.32. The highest BCUT2D eigenvalue weighted by Gasteiger charge is 2.19. The van der Waals surface area contributed by atoms with Gasteiger partial charge in [0.1, 0.15) is 0 Å². The van der Waals surface area contributed by atoms with Gasteiger partial charge in [0.2, 0.25) is 6.79 Å². The first-order chi connectivity index (χ1) is 11.5. The second-order valence-corrected chi connectivity index (χ2v) is 6.50. The summed E-state index contributed by atoms with van der Waals surface area (Å²) in [4.78, 5) is 25.4. The van der Waals surface area contributed by atoms with Gasteiger partial charge in [-0.1, -0.05) is 28.1 Å². The molecule has 4 rings (SSSR count). The summed E-state index contributed by atoms with van der Waals surface area (Å²) in [6.07, 6.45) is 0. The fourth-order valence-electron chi connectivity index (χ4n) is 2.81. The predicted octanol–water partition coefficient (Wildman–Crippen LogP) is 2.24. The number of rotatable bonds is 2. The quantitative estimate of drug-likeness (QED) is 0.675. The molecule has 1 aliphatic heterocycles. The Labute approximate surface area is 145 Å². The van der Waals surface area contributed by atoms with E-state index in [4.69, 9.17) is 9.47 Å². The van der Waals surface area contributed by atoms with Gasteiger partial charge in [0, 0.05) is 17.6 Å². The first-order valence-electron chi connectivity index (χ1n) is 7.32. The molecule has 2 aromatic carbocycles. The standard InChI is InChI=1S/C17H13BrN2O4/c1-19-13-7-15-14(23-9-24-15)6-12(13)16(21)20(17(19)22)8-10-2-4-11(18)5-3-10/h2-7H,8-9H2,1H3. The Balaban J connectivity index is 1.93. The van der Waals surface area contributed by atoms with Crippen LogP contribution in [0.1, 0.15) is 5.56 Å². The van der Waals surface area contributed by atoms with E-state index in [1.54, 1.807) is 19.2 Å². The Morgan fingerprint density at radius 3 is 2.46 bits per heavy atom. The van der Waals surface area contributed by atoms with Crippen molar-refractivity contribution in [3.8, 4) is 11.5 Å². The topological polar surface area (TPSA) is 62.5 Å². The van der Waals surface area contributed by atoms with E-state index < -0.39 is 0 Å². The first kappa shape index (κ1) is 15.0. The summed E-state index contributed by atoms with van der Waals surface area (Å²) >= 11 is 3.37. The maximum atomic E-state index is 12.8. The summed E-state index contributed by atoms with van der Waals surface area (Å²) in [5.41, 5.74) is 0.697. The SMILES string of the molecule is Cn1c(=O)n(Cc2ccc(Br)cc2)c(=O)c2cc3c(cc21)OCO3. The van der Waals surface area contributed by atoms with E-state index in [1.165, 1.54) is 9.13 Å². The van der Waals surface area contributed by atoms with Crippen LogP contribution in [0.2, 0.25) is 0 Å². The molecule has 0 saturated heterocycles. The van der Waals surface area contributed by atoms with Crippen LogP contribution >= 0.6 is 15.9 Å². The highest BCUT2D eigenvalue weighted by molar-refractivity contribution is 9.10. The molecule has 3 aromatic rings. The molecule has 0 radical (unpaired) electrons. The van der Waals surface area contributed by atoms with Gasteiger partial charge >= 0.3 is 5.69 Å². The van der Waals surface area contributed by atoms with Crippen LogP contribution in [-0.2, 0) is 13.6 Å². The van der Waals surface area contributed by atoms with E-state index >= 15 is 0 Å². The van der Waals surface area contributed by atoms with Gasteiger partial charge in [0.25, 0.3) is 5.56 Å². The average Bonchev–Trinajstić information content (AvgIpc) is 3.04. The molecule has 0 amide bonds. The summed E-state index contributed by atoms with van der Waals surface area (Å²) in [6.45, 7) is 0.329. The van der Waals surface area contributed by atoms with E-state index in [0.717, 1.165) is 10.0 Å². The number of aryl methyl sites for hydroxylation is 1. The Morgan fingerprint density at radius 1 is 1.08 bits per heavy atom. The lowest BCUT2D eigenvalue weighted by atomic mass is 10.2. The van der Waals surface area contributed by atoms with E-state index in [0.29, 0.717) is 22.4 Å². The van der Waals surface area contributed by atoms with Crippen LogP contribution in [0.25, 0.3) is 10.9 Å². The molecule has 2 heterocycles. The second-order valence-electron chi connectivity index (χ2n) is 5.58. The zero-order valence-electron chi connectivity index (χ0n) is 12.8. The van der Waals surface area contributed by atoms with Crippen molar-refractivity contribution in [2.45, 2.75) is 6.54 Å². The Morgan fingerprint density at radius 2 is 1.75 bits per heavy atom. The largest absolute Gasteiger partial charge is 0.454 e. The number of hydrogen-bond donors (Lipinski definition) is 0. The van der Waals surface area contributed by atoms with Crippen molar-refractivity contribution < 1.29 is 9.47 Å². The molecular weight excluding hydrogens is 376 g/mol. The Bertz CT molecular complexity index is 1070. The van der Waals surface area contributed by atoms with Gasteiger partial charge in [-0.05, 0) is 23.8 Å². The molecule has 0 spiro atoms. The predicted molar refractivity (Wildman–Crippen MR) is 92.8 cm³/mol. The van der Waals surface area contributed by atoms with E-state index in [9.17, 15) is 9.59 Å². The van der Waals surface area contributed by atoms with Gasteiger partial charge in [0.15, 0.2) is 11.5 Å². The average molecular weight is 389 g/mol. The maximum Gasteiger partial charge on any atom is 0.331 e. The van der Waals surface area contributed by atoms with Gasteiger partial charge in [0.05, 0.1) is 17.4 Å². The fraction of sp³-hybridized carbons (Fsp3) is 0.176. The summed E-state index contributed by atoms with van der Waals surface area (Å²) in [5.74, 6) is 1.07. The van der Waals surface area contributed by atoms with Crippen LogP contribution in [0, 0.1) is 0 Å². The van der Waals surface area contributed by atoms with Crippen LogP contribution < -0.4 is 20.7 Å². The zero-order chi connectivity index (χ0) is 16.8. The summed E-state index contributed by atoms with van der Waals surface area (Å²) < 4.78 is 14.3. The molecule has 0 bridgehead atoms. The fourth-order valence-corrected chi connectivity index (χ4v) is 3.07. The van der Waals surface area contributed by atoms with E-state index in [2.05, 4.69) is 15.9 Å². The third-order valence-electron chi connectivity index (χ3n) is 4.10. The molecule has 6 nitrogen and oxygen atoms in total. The molecule has 0 unspecified atom stereocenters. The summed E-state index contributed by atoms with van der Waals surface area (Å²) in [7, 11) is 1.64. The minimum absolute atomic E-state index is 0.118. The lowest BCUT2D eigenvalue weighted by Gasteiger charge is -2.11. The summed E-state index contributed by atoms with van der Waals surface area (Å²) in [5, 5.41) is 0.429. The molecule has 0 atom stereocenters. The van der Waals surface area contributed by atoms with Crippen molar-refractivity contribution in [2.75, 3.05) is 6.79 Å². The van der Waals surface area contributed by atoms with Crippen molar-refractivity contribution in [3.63, 3.8) is 0 Å². The van der Waals surface area contributed by atoms with Crippen LogP contribution in [0.4, 0.5) is 0 Å². The van der Waals surface area contributed by atoms with Crippen LogP contribution in [-0.4, -0.2) is 15.9 Å². The number of fused-ring (bicyclic) bond motifs is 2. The van der Waals surface area contributed by atoms with Gasteiger partial charge in [-0.2, -0.15) is 0 Å². The third-order valence-corrected chi connectivity index (χ3v) is 4.63. The van der Waals surface area contributed by atoms with Gasteiger partial charge in [-0.3, -0.25) is 13.9 Å². The minimum Gasteiger partial charge on any atom is -0.454 e. The monoisotopic (exact) mass is 388 g/mol. The number of nitrogens with zero attached hydrogens (tertiary/aromatic N) is 2. The molecule has 1 aliphatic rings. The smallest absolute Gasteiger partial charge is 0.331 e. The van der Waals surface area contributed by atoms with E-state index in [-0.39, 0.29) is 24.6 Å². The van der Waals surface area contributed by atoms with Crippen molar-refractivity contribution in [1.29, 1.82) is 0 Å². The van der Waals surface area contributed by atoms with Crippen molar-refractivity contribution >= 4 is 26.8 Å². The highest BCUT2D eigenvalue weighted by atomic mass is 79.9. The van der Waals surface area contributed by atoms with Crippen LogP contribution in [0.3, 0.4) is 0 Å². The molecule has 0 fully saturated rings. The van der Waals surface area contributed by atoms with E-state index in [1.807, 2.05) is 24.3 Å². The minimum atomic E-state index is -0.366. The molecule has 1 aromatic heterocycles. The molecule has 122 valence electrons. The zero-order valence-corrected chi connectivity index (χ0v) is 14.4. The van der Waals surface area contributed by atoms with Crippen LogP contribution in [0.15, 0.2) is 50.5 Å². The van der Waals surface area contributed by atoms with Crippen molar-refractivity contribution in [3.05, 3.63) is 67.3 Å². The Hall–Kier alpha value is -2.54. The first-order valence-corrected chi connectivity index (χ1v) is 8.11. The number of aromatic nitrogens is 2. The number of benzene rings is 2. The van der Waals surface area contributed by atoms with Gasteiger partial charge in [-0.25, -0.2) is 4.79 Å². The number of ether oxygens (including phenoxy) is 2. The Kier molecular flexibility index (Phi) is 3.45.